The molecule has 0 saturated carbocycles. The zero-order chi connectivity index (χ0) is 18.8. The van der Waals surface area contributed by atoms with Crippen molar-refractivity contribution in [3.63, 3.8) is 0 Å². The lowest BCUT2D eigenvalue weighted by atomic mass is 10.1. The van der Waals surface area contributed by atoms with Gasteiger partial charge in [0.15, 0.2) is 6.61 Å². The Hall–Kier alpha value is -3.34. The van der Waals surface area contributed by atoms with E-state index in [1.54, 1.807) is 30.4 Å². The highest BCUT2D eigenvalue weighted by atomic mass is 16.5. The van der Waals surface area contributed by atoms with Crippen molar-refractivity contribution < 1.29 is 14.6 Å². The molecule has 0 unspecified atom stereocenters. The maximum Gasteiger partial charge on any atom is 0.277 e. The molecule has 2 aromatic rings. The average Bonchev–Trinajstić information content (AvgIpc) is 2.64. The van der Waals surface area contributed by atoms with Crippen molar-refractivity contribution >= 4 is 12.1 Å². The summed E-state index contributed by atoms with van der Waals surface area (Å²) < 4.78 is 5.53. The number of ether oxygens (including phenoxy) is 1. The number of amides is 1. The van der Waals surface area contributed by atoms with Gasteiger partial charge in [-0.3, -0.25) is 4.79 Å². The molecule has 0 aliphatic heterocycles. The second-order valence-electron chi connectivity index (χ2n) is 5.53. The third-order valence-corrected chi connectivity index (χ3v) is 3.60. The lowest BCUT2D eigenvalue weighted by Gasteiger charge is -2.09. The third-order valence-electron chi connectivity index (χ3n) is 3.60. The van der Waals surface area contributed by atoms with Gasteiger partial charge in [0.2, 0.25) is 0 Å². The molecule has 134 valence electrons. The lowest BCUT2D eigenvalue weighted by molar-refractivity contribution is -0.123. The molecule has 2 rings (SSSR count). The van der Waals surface area contributed by atoms with Crippen LogP contribution in [0.4, 0.5) is 0 Å². The molecule has 2 aromatic carbocycles. The standard InChI is InChI=1S/C21H22N2O3/c1-3-8-16-10-5-6-13-19(16)26-15-20(24)23-22-14-18-12-7-11-17(9-4-2)21(18)25/h3-7,10-14,25H,1-2,8-9,15H2,(H,23,24)/b22-14+. The summed E-state index contributed by atoms with van der Waals surface area (Å²) in [5.41, 5.74) is 4.61. The lowest BCUT2D eigenvalue weighted by Crippen LogP contribution is -2.24. The zero-order valence-corrected chi connectivity index (χ0v) is 14.5. The minimum Gasteiger partial charge on any atom is -0.507 e. The van der Waals surface area contributed by atoms with E-state index < -0.39 is 5.91 Å². The predicted octanol–water partition coefficient (Wildman–Crippen LogP) is 3.38. The first-order valence-corrected chi connectivity index (χ1v) is 8.21. The molecule has 0 bridgehead atoms. The van der Waals surface area contributed by atoms with Gasteiger partial charge in [-0.1, -0.05) is 42.5 Å². The van der Waals surface area contributed by atoms with Crippen LogP contribution in [0.25, 0.3) is 0 Å². The van der Waals surface area contributed by atoms with Gasteiger partial charge in [-0.2, -0.15) is 5.10 Å². The highest BCUT2D eigenvalue weighted by Crippen LogP contribution is 2.21. The highest BCUT2D eigenvalue weighted by molar-refractivity contribution is 5.86. The van der Waals surface area contributed by atoms with Gasteiger partial charge in [0.25, 0.3) is 5.91 Å². The Kier molecular flexibility index (Phi) is 7.18. The van der Waals surface area contributed by atoms with Crippen LogP contribution in [0.5, 0.6) is 11.5 Å². The normalized spacial score (nSPS) is 10.5. The quantitative estimate of drug-likeness (QED) is 0.414. The van der Waals surface area contributed by atoms with Crippen molar-refractivity contribution in [1.82, 2.24) is 5.43 Å². The van der Waals surface area contributed by atoms with Gasteiger partial charge in [-0.15, -0.1) is 13.2 Å². The maximum absolute atomic E-state index is 11.9. The smallest absolute Gasteiger partial charge is 0.277 e. The predicted molar refractivity (Wildman–Crippen MR) is 104 cm³/mol. The number of allylic oxidation sites excluding steroid dienone is 2. The number of hydrogen-bond acceptors (Lipinski definition) is 4. The first-order valence-electron chi connectivity index (χ1n) is 8.21. The number of carbonyl (C=O) groups is 1. The number of aromatic hydroxyl groups is 1. The van der Waals surface area contributed by atoms with Gasteiger partial charge in [0, 0.05) is 5.56 Å². The molecule has 0 radical (unpaired) electrons. The molecule has 5 nitrogen and oxygen atoms in total. The molecule has 0 atom stereocenters. The first kappa shape index (κ1) is 19.0. The molecule has 0 fully saturated rings. The number of carbonyl (C=O) groups excluding carboxylic acids is 1. The summed E-state index contributed by atoms with van der Waals surface area (Å²) in [5, 5.41) is 14.0. The number of rotatable bonds is 9. The number of para-hydroxylation sites is 2. The van der Waals surface area contributed by atoms with Gasteiger partial charge >= 0.3 is 0 Å². The Morgan fingerprint density at radius 1 is 1.08 bits per heavy atom. The number of nitrogens with zero attached hydrogens (tertiary/aromatic N) is 1. The van der Waals surface area contributed by atoms with Gasteiger partial charge in [-0.25, -0.2) is 5.43 Å². The number of nitrogens with one attached hydrogen (secondary N) is 1. The van der Waals surface area contributed by atoms with Crippen LogP contribution in [0, 0.1) is 0 Å². The van der Waals surface area contributed by atoms with Crippen molar-refractivity contribution in [2.24, 2.45) is 5.10 Å². The monoisotopic (exact) mass is 350 g/mol. The van der Waals surface area contributed by atoms with Crippen LogP contribution >= 0.6 is 0 Å². The molecule has 1 amide bonds. The number of hydrazone groups is 1. The highest BCUT2D eigenvalue weighted by Gasteiger charge is 2.06. The molecular formula is C21H22N2O3. The van der Waals surface area contributed by atoms with Crippen LogP contribution in [0.3, 0.4) is 0 Å². The zero-order valence-electron chi connectivity index (χ0n) is 14.5. The molecule has 0 saturated heterocycles. The molecule has 5 heteroatoms. The Labute approximate surface area is 153 Å². The Morgan fingerprint density at radius 3 is 2.54 bits per heavy atom. The average molecular weight is 350 g/mol. The second-order valence-corrected chi connectivity index (χ2v) is 5.53. The minimum atomic E-state index is -0.392. The van der Waals surface area contributed by atoms with Gasteiger partial charge in [0.1, 0.15) is 11.5 Å². The van der Waals surface area contributed by atoms with E-state index >= 15 is 0 Å². The van der Waals surface area contributed by atoms with Crippen molar-refractivity contribution in [2.75, 3.05) is 6.61 Å². The van der Waals surface area contributed by atoms with Crippen molar-refractivity contribution in [3.05, 3.63) is 84.5 Å². The van der Waals surface area contributed by atoms with E-state index in [0.717, 1.165) is 11.1 Å². The van der Waals surface area contributed by atoms with Crippen molar-refractivity contribution in [1.29, 1.82) is 0 Å². The van der Waals surface area contributed by atoms with E-state index in [9.17, 15) is 9.90 Å². The van der Waals surface area contributed by atoms with Gasteiger partial charge in [0.05, 0.1) is 6.21 Å². The largest absolute Gasteiger partial charge is 0.507 e. The third kappa shape index (κ3) is 5.34. The van der Waals surface area contributed by atoms with E-state index in [2.05, 4.69) is 23.7 Å². The van der Waals surface area contributed by atoms with Gasteiger partial charge in [-0.05, 0) is 36.1 Å². The fourth-order valence-corrected chi connectivity index (χ4v) is 2.35. The van der Waals surface area contributed by atoms with Crippen LogP contribution in [0.1, 0.15) is 16.7 Å². The fourth-order valence-electron chi connectivity index (χ4n) is 2.35. The van der Waals surface area contributed by atoms with Crippen LogP contribution in [-0.2, 0) is 17.6 Å². The Bertz CT molecular complexity index is 813. The van der Waals surface area contributed by atoms with E-state index in [1.165, 1.54) is 6.21 Å². The van der Waals surface area contributed by atoms with Crippen LogP contribution in [-0.4, -0.2) is 23.8 Å². The minimum absolute atomic E-state index is 0.125. The van der Waals surface area contributed by atoms with Crippen LogP contribution in [0.15, 0.2) is 72.9 Å². The summed E-state index contributed by atoms with van der Waals surface area (Å²) in [6.07, 6.45) is 6.10. The molecule has 0 spiro atoms. The van der Waals surface area contributed by atoms with Gasteiger partial charge < -0.3 is 9.84 Å². The molecule has 2 N–H and O–H groups in total. The molecule has 0 aliphatic carbocycles. The van der Waals surface area contributed by atoms with Crippen molar-refractivity contribution in [3.8, 4) is 11.5 Å². The van der Waals surface area contributed by atoms with E-state index in [1.807, 2.05) is 24.3 Å². The summed E-state index contributed by atoms with van der Waals surface area (Å²) in [6.45, 7) is 7.20. The van der Waals surface area contributed by atoms with Crippen LogP contribution < -0.4 is 10.2 Å². The molecule has 26 heavy (non-hydrogen) atoms. The topological polar surface area (TPSA) is 70.9 Å². The molecule has 0 aromatic heterocycles. The maximum atomic E-state index is 11.9. The first-order chi connectivity index (χ1) is 12.7. The van der Waals surface area contributed by atoms with E-state index in [-0.39, 0.29) is 12.4 Å². The summed E-state index contributed by atoms with van der Waals surface area (Å²) >= 11 is 0. The second kappa shape index (κ2) is 9.84. The summed E-state index contributed by atoms with van der Waals surface area (Å²) in [4.78, 5) is 11.9. The fraction of sp³-hybridized carbons (Fsp3) is 0.143. The summed E-state index contributed by atoms with van der Waals surface area (Å²) in [6, 6.07) is 12.8. The summed E-state index contributed by atoms with van der Waals surface area (Å²) in [7, 11) is 0. The number of benzene rings is 2. The van der Waals surface area contributed by atoms with E-state index in [4.69, 9.17) is 4.74 Å². The Morgan fingerprint density at radius 2 is 1.77 bits per heavy atom. The van der Waals surface area contributed by atoms with Crippen molar-refractivity contribution in [2.45, 2.75) is 12.8 Å². The molecule has 0 heterocycles. The van der Waals surface area contributed by atoms with E-state index in [0.29, 0.717) is 24.2 Å². The molecule has 0 aliphatic rings. The van der Waals surface area contributed by atoms with Crippen LogP contribution in [0.2, 0.25) is 0 Å². The number of hydrogen-bond donors (Lipinski definition) is 2. The number of phenolic OH excluding ortho intramolecular Hbond substituents is 1. The number of phenols is 1. The SMILES string of the molecule is C=CCc1ccccc1OCC(=O)N/N=C/c1cccc(CC=C)c1O. The Balaban J connectivity index is 1.91. The summed E-state index contributed by atoms with van der Waals surface area (Å²) in [5.74, 6) is 0.373. The molecular weight excluding hydrogens is 328 g/mol.